The lowest BCUT2D eigenvalue weighted by molar-refractivity contribution is -0.137. The number of hydrogen-bond donors (Lipinski definition) is 3. The first-order valence-electron chi connectivity index (χ1n) is 6.33. The molecule has 2 amide bonds. The van der Waals surface area contributed by atoms with Crippen molar-refractivity contribution in [1.82, 2.24) is 16.0 Å². The van der Waals surface area contributed by atoms with Gasteiger partial charge in [-0.2, -0.15) is 13.2 Å². The summed E-state index contributed by atoms with van der Waals surface area (Å²) in [6.45, 7) is 2.40. The predicted molar refractivity (Wildman–Crippen MR) is 68.0 cm³/mol. The van der Waals surface area contributed by atoms with E-state index in [2.05, 4.69) is 16.0 Å². The van der Waals surface area contributed by atoms with Gasteiger partial charge >= 0.3 is 12.2 Å². The van der Waals surface area contributed by atoms with Crippen LogP contribution in [0.3, 0.4) is 0 Å². The summed E-state index contributed by atoms with van der Waals surface area (Å²) in [5, 5.41) is 8.32. The fraction of sp³-hybridized carbons (Fsp3) is 0.462. The minimum Gasteiger partial charge on any atom is -0.338 e. The monoisotopic (exact) mass is 287 g/mol. The second kappa shape index (κ2) is 6.13. The zero-order valence-electron chi connectivity index (χ0n) is 10.8. The number of amides is 2. The SMILES string of the molecule is O=C(NCc1cccc(C(F)(F)F)c1)NCC1CNC1. The van der Waals surface area contributed by atoms with Gasteiger partial charge in [0.15, 0.2) is 0 Å². The summed E-state index contributed by atoms with van der Waals surface area (Å²) in [6.07, 6.45) is -4.37. The smallest absolute Gasteiger partial charge is 0.338 e. The molecule has 0 aliphatic carbocycles. The average Bonchev–Trinajstić information content (AvgIpc) is 2.34. The Hall–Kier alpha value is -1.76. The molecule has 1 aliphatic heterocycles. The Labute approximate surface area is 114 Å². The Bertz CT molecular complexity index is 472. The van der Waals surface area contributed by atoms with Gasteiger partial charge in [-0.25, -0.2) is 4.79 Å². The van der Waals surface area contributed by atoms with Crippen molar-refractivity contribution in [2.45, 2.75) is 12.7 Å². The third-order valence-corrected chi connectivity index (χ3v) is 3.12. The molecule has 4 nitrogen and oxygen atoms in total. The topological polar surface area (TPSA) is 53.2 Å². The summed E-state index contributed by atoms with van der Waals surface area (Å²) in [4.78, 5) is 11.5. The van der Waals surface area contributed by atoms with Crippen molar-refractivity contribution < 1.29 is 18.0 Å². The molecule has 0 spiro atoms. The number of carbonyl (C=O) groups excluding carboxylic acids is 1. The highest BCUT2D eigenvalue weighted by atomic mass is 19.4. The average molecular weight is 287 g/mol. The minimum absolute atomic E-state index is 0.0681. The summed E-state index contributed by atoms with van der Waals surface area (Å²) < 4.78 is 37.5. The van der Waals surface area contributed by atoms with E-state index in [-0.39, 0.29) is 12.6 Å². The molecule has 1 fully saturated rings. The van der Waals surface area contributed by atoms with Crippen LogP contribution in [0.15, 0.2) is 24.3 Å². The predicted octanol–water partition coefficient (Wildman–Crippen LogP) is 1.72. The maximum absolute atomic E-state index is 12.5. The normalized spacial score (nSPS) is 15.6. The molecular weight excluding hydrogens is 271 g/mol. The molecule has 1 saturated heterocycles. The molecule has 1 aromatic carbocycles. The summed E-state index contributed by atoms with van der Waals surface area (Å²) in [5.74, 6) is 0.439. The molecule has 3 N–H and O–H groups in total. The molecule has 0 saturated carbocycles. The summed E-state index contributed by atoms with van der Waals surface area (Å²) in [6, 6.07) is 4.56. The van der Waals surface area contributed by atoms with E-state index in [1.807, 2.05) is 0 Å². The Balaban J connectivity index is 1.79. The van der Waals surface area contributed by atoms with Crippen LogP contribution in [0, 0.1) is 5.92 Å². The molecule has 110 valence electrons. The Morgan fingerprint density at radius 2 is 2.05 bits per heavy atom. The Morgan fingerprint density at radius 1 is 1.30 bits per heavy atom. The number of alkyl halides is 3. The first kappa shape index (κ1) is 14.6. The van der Waals surface area contributed by atoms with Crippen molar-refractivity contribution in [3.05, 3.63) is 35.4 Å². The van der Waals surface area contributed by atoms with Gasteiger partial charge in [0.05, 0.1) is 5.56 Å². The number of nitrogens with one attached hydrogen (secondary N) is 3. The third-order valence-electron chi connectivity index (χ3n) is 3.12. The van der Waals surface area contributed by atoms with Crippen LogP contribution in [-0.2, 0) is 12.7 Å². The number of halogens is 3. The van der Waals surface area contributed by atoms with E-state index in [0.717, 1.165) is 25.2 Å². The molecule has 2 rings (SSSR count). The van der Waals surface area contributed by atoms with Crippen molar-refractivity contribution in [1.29, 1.82) is 0 Å². The van der Waals surface area contributed by atoms with Gasteiger partial charge in [-0.15, -0.1) is 0 Å². The molecule has 1 heterocycles. The summed E-state index contributed by atoms with van der Waals surface area (Å²) >= 11 is 0. The van der Waals surface area contributed by atoms with Crippen molar-refractivity contribution in [2.75, 3.05) is 19.6 Å². The van der Waals surface area contributed by atoms with Crippen LogP contribution < -0.4 is 16.0 Å². The van der Waals surface area contributed by atoms with Crippen LogP contribution in [0.1, 0.15) is 11.1 Å². The van der Waals surface area contributed by atoms with E-state index in [4.69, 9.17) is 0 Å². The van der Waals surface area contributed by atoms with E-state index in [1.54, 1.807) is 6.07 Å². The second-order valence-corrected chi connectivity index (χ2v) is 4.79. The highest BCUT2D eigenvalue weighted by molar-refractivity contribution is 5.73. The molecule has 0 atom stereocenters. The zero-order valence-corrected chi connectivity index (χ0v) is 10.8. The first-order valence-corrected chi connectivity index (χ1v) is 6.33. The van der Waals surface area contributed by atoms with Crippen LogP contribution in [0.25, 0.3) is 0 Å². The van der Waals surface area contributed by atoms with E-state index in [9.17, 15) is 18.0 Å². The van der Waals surface area contributed by atoms with Gasteiger partial charge < -0.3 is 16.0 Å². The third kappa shape index (κ3) is 4.12. The fourth-order valence-electron chi connectivity index (χ4n) is 1.83. The summed E-state index contributed by atoms with van der Waals surface area (Å²) in [7, 11) is 0. The van der Waals surface area contributed by atoms with E-state index in [0.29, 0.717) is 18.0 Å². The number of benzene rings is 1. The second-order valence-electron chi connectivity index (χ2n) is 4.79. The number of rotatable bonds is 4. The van der Waals surface area contributed by atoms with Gasteiger partial charge in [0, 0.05) is 32.1 Å². The van der Waals surface area contributed by atoms with Crippen LogP contribution >= 0.6 is 0 Å². The van der Waals surface area contributed by atoms with Crippen molar-refractivity contribution >= 4 is 6.03 Å². The number of hydrogen-bond acceptors (Lipinski definition) is 2. The molecule has 1 aliphatic rings. The fourth-order valence-corrected chi connectivity index (χ4v) is 1.83. The van der Waals surface area contributed by atoms with E-state index in [1.165, 1.54) is 6.07 Å². The molecule has 20 heavy (non-hydrogen) atoms. The molecule has 1 aromatic rings. The molecule has 0 radical (unpaired) electrons. The quantitative estimate of drug-likeness (QED) is 0.790. The lowest BCUT2D eigenvalue weighted by atomic mass is 10.0. The minimum atomic E-state index is -4.37. The Kier molecular flexibility index (Phi) is 4.49. The molecule has 0 bridgehead atoms. The van der Waals surface area contributed by atoms with Gasteiger partial charge in [-0.3, -0.25) is 0 Å². The molecule has 0 aromatic heterocycles. The molecule has 0 unspecified atom stereocenters. The highest BCUT2D eigenvalue weighted by Crippen LogP contribution is 2.29. The maximum Gasteiger partial charge on any atom is 0.416 e. The van der Waals surface area contributed by atoms with Crippen LogP contribution in [-0.4, -0.2) is 25.7 Å². The lowest BCUT2D eigenvalue weighted by Gasteiger charge is -2.27. The van der Waals surface area contributed by atoms with Crippen LogP contribution in [0.4, 0.5) is 18.0 Å². The van der Waals surface area contributed by atoms with Gasteiger partial charge in [0.1, 0.15) is 0 Å². The standard InChI is InChI=1S/C13H16F3N3O/c14-13(15,16)11-3-1-2-9(4-11)7-18-12(20)19-8-10-5-17-6-10/h1-4,10,17H,5-8H2,(H2,18,19,20). The van der Waals surface area contributed by atoms with E-state index >= 15 is 0 Å². The van der Waals surface area contributed by atoms with Crippen molar-refractivity contribution in [3.8, 4) is 0 Å². The van der Waals surface area contributed by atoms with Gasteiger partial charge in [0.2, 0.25) is 0 Å². The van der Waals surface area contributed by atoms with Crippen LogP contribution in [0.2, 0.25) is 0 Å². The van der Waals surface area contributed by atoms with Crippen LogP contribution in [0.5, 0.6) is 0 Å². The van der Waals surface area contributed by atoms with Gasteiger partial charge in [-0.1, -0.05) is 12.1 Å². The maximum atomic E-state index is 12.5. The highest BCUT2D eigenvalue weighted by Gasteiger charge is 2.30. The molecule has 7 heteroatoms. The lowest BCUT2D eigenvalue weighted by Crippen LogP contribution is -2.49. The zero-order chi connectivity index (χ0) is 14.6. The number of urea groups is 1. The van der Waals surface area contributed by atoms with Crippen molar-refractivity contribution in [3.63, 3.8) is 0 Å². The number of carbonyl (C=O) groups is 1. The van der Waals surface area contributed by atoms with Crippen molar-refractivity contribution in [2.24, 2.45) is 5.92 Å². The Morgan fingerprint density at radius 3 is 2.65 bits per heavy atom. The molecular formula is C13H16F3N3O. The first-order chi connectivity index (χ1) is 9.45. The van der Waals surface area contributed by atoms with Gasteiger partial charge in [0.25, 0.3) is 0 Å². The summed E-state index contributed by atoms with van der Waals surface area (Å²) in [5.41, 5.74) is -0.293. The largest absolute Gasteiger partial charge is 0.416 e. The van der Waals surface area contributed by atoms with E-state index < -0.39 is 11.7 Å². The van der Waals surface area contributed by atoms with Gasteiger partial charge in [-0.05, 0) is 17.7 Å².